The van der Waals surface area contributed by atoms with Gasteiger partial charge in [-0.25, -0.2) is 0 Å². The molecule has 0 aliphatic rings. The van der Waals surface area contributed by atoms with Gasteiger partial charge in [0, 0.05) is 12.6 Å². The zero-order valence-corrected chi connectivity index (χ0v) is 11.6. The van der Waals surface area contributed by atoms with Gasteiger partial charge < -0.3 is 10.6 Å². The maximum atomic E-state index is 6.10. The molecular weight excluding hydrogens is 208 g/mol. The summed E-state index contributed by atoms with van der Waals surface area (Å²) in [5.74, 6) is 0.648. The van der Waals surface area contributed by atoms with Crippen molar-refractivity contribution in [3.05, 3.63) is 24.3 Å². The Bertz CT molecular complexity index is 329. The van der Waals surface area contributed by atoms with Crippen LogP contribution in [0.4, 0.5) is 11.4 Å². The summed E-state index contributed by atoms with van der Waals surface area (Å²) in [6.45, 7) is 10.1. The van der Waals surface area contributed by atoms with Crippen LogP contribution in [0.5, 0.6) is 0 Å². The van der Waals surface area contributed by atoms with E-state index in [9.17, 15) is 0 Å². The Morgan fingerprint density at radius 2 is 1.71 bits per heavy atom. The standard InChI is InChI=1S/C15H26N2/c1-5-13(6-2)17(11-12(3)4)15-10-8-7-9-14(15)16/h7-10,12-13H,5-6,11,16H2,1-4H3. The highest BCUT2D eigenvalue weighted by molar-refractivity contribution is 5.67. The average molecular weight is 234 g/mol. The Hall–Kier alpha value is -1.18. The minimum atomic E-state index is 0.585. The van der Waals surface area contributed by atoms with Crippen molar-refractivity contribution < 1.29 is 0 Å². The molecule has 0 radical (unpaired) electrons. The number of rotatable bonds is 6. The Labute approximate surface area is 106 Å². The van der Waals surface area contributed by atoms with Gasteiger partial charge in [-0.1, -0.05) is 39.8 Å². The molecule has 0 saturated heterocycles. The van der Waals surface area contributed by atoms with E-state index in [4.69, 9.17) is 5.73 Å². The van der Waals surface area contributed by atoms with Gasteiger partial charge in [0.25, 0.3) is 0 Å². The first-order chi connectivity index (χ1) is 8.10. The Morgan fingerprint density at radius 3 is 2.18 bits per heavy atom. The van der Waals surface area contributed by atoms with E-state index in [1.165, 1.54) is 5.69 Å². The summed E-state index contributed by atoms with van der Waals surface area (Å²) in [5, 5.41) is 0. The number of nitrogens with zero attached hydrogens (tertiary/aromatic N) is 1. The molecule has 0 bridgehead atoms. The Balaban J connectivity index is 3.01. The summed E-state index contributed by atoms with van der Waals surface area (Å²) in [6, 6.07) is 8.78. The summed E-state index contributed by atoms with van der Waals surface area (Å²) < 4.78 is 0. The van der Waals surface area contributed by atoms with E-state index in [0.717, 1.165) is 25.1 Å². The van der Waals surface area contributed by atoms with Gasteiger partial charge in [-0.3, -0.25) is 0 Å². The van der Waals surface area contributed by atoms with Crippen molar-refractivity contribution in [1.29, 1.82) is 0 Å². The molecule has 0 aromatic heterocycles. The quantitative estimate of drug-likeness (QED) is 0.756. The van der Waals surface area contributed by atoms with Crippen molar-refractivity contribution >= 4 is 11.4 Å². The fraction of sp³-hybridized carbons (Fsp3) is 0.600. The second-order valence-electron chi connectivity index (χ2n) is 5.08. The number of nitrogens with two attached hydrogens (primary N) is 1. The molecule has 17 heavy (non-hydrogen) atoms. The number of nitrogen functional groups attached to an aromatic ring is 1. The number of benzene rings is 1. The van der Waals surface area contributed by atoms with Crippen LogP contribution in [-0.4, -0.2) is 12.6 Å². The monoisotopic (exact) mass is 234 g/mol. The van der Waals surface area contributed by atoms with Crippen LogP contribution >= 0.6 is 0 Å². The van der Waals surface area contributed by atoms with Crippen molar-refractivity contribution in [2.45, 2.75) is 46.6 Å². The molecule has 2 heteroatoms. The maximum absolute atomic E-state index is 6.10. The topological polar surface area (TPSA) is 29.3 Å². The van der Waals surface area contributed by atoms with Crippen molar-refractivity contribution in [2.75, 3.05) is 17.2 Å². The molecular formula is C15H26N2. The molecule has 1 aromatic carbocycles. The third-order valence-electron chi connectivity index (χ3n) is 3.19. The molecule has 0 aliphatic carbocycles. The highest BCUT2D eigenvalue weighted by Gasteiger charge is 2.18. The van der Waals surface area contributed by atoms with E-state index in [1.54, 1.807) is 0 Å². The second-order valence-corrected chi connectivity index (χ2v) is 5.08. The van der Waals surface area contributed by atoms with Gasteiger partial charge in [0.1, 0.15) is 0 Å². The molecule has 0 spiro atoms. The van der Waals surface area contributed by atoms with Gasteiger partial charge in [0.05, 0.1) is 11.4 Å². The van der Waals surface area contributed by atoms with Gasteiger partial charge in [0.15, 0.2) is 0 Å². The van der Waals surface area contributed by atoms with E-state index in [1.807, 2.05) is 12.1 Å². The van der Waals surface area contributed by atoms with Crippen molar-refractivity contribution in [3.8, 4) is 0 Å². The van der Waals surface area contributed by atoms with Gasteiger partial charge in [-0.2, -0.15) is 0 Å². The highest BCUT2D eigenvalue weighted by atomic mass is 15.2. The fourth-order valence-corrected chi connectivity index (χ4v) is 2.32. The van der Waals surface area contributed by atoms with Gasteiger partial charge in [-0.05, 0) is 30.9 Å². The van der Waals surface area contributed by atoms with Crippen LogP contribution in [0.15, 0.2) is 24.3 Å². The molecule has 96 valence electrons. The van der Waals surface area contributed by atoms with Crippen LogP contribution in [0.25, 0.3) is 0 Å². The highest BCUT2D eigenvalue weighted by Crippen LogP contribution is 2.27. The number of hydrogen-bond acceptors (Lipinski definition) is 2. The molecule has 1 rings (SSSR count). The minimum Gasteiger partial charge on any atom is -0.397 e. The summed E-state index contributed by atoms with van der Waals surface area (Å²) in [5.41, 5.74) is 8.18. The van der Waals surface area contributed by atoms with Crippen molar-refractivity contribution in [2.24, 2.45) is 5.92 Å². The third kappa shape index (κ3) is 3.65. The molecule has 1 aromatic rings. The number of para-hydroxylation sites is 2. The van der Waals surface area contributed by atoms with Crippen molar-refractivity contribution in [1.82, 2.24) is 0 Å². The van der Waals surface area contributed by atoms with E-state index >= 15 is 0 Å². The lowest BCUT2D eigenvalue weighted by Gasteiger charge is -2.35. The average Bonchev–Trinajstić information content (AvgIpc) is 2.29. The normalized spacial score (nSPS) is 11.2. The minimum absolute atomic E-state index is 0.585. The molecule has 0 heterocycles. The molecule has 0 saturated carbocycles. The first kappa shape index (κ1) is 13.9. The van der Waals surface area contributed by atoms with E-state index in [2.05, 4.69) is 44.7 Å². The molecule has 0 fully saturated rings. The maximum Gasteiger partial charge on any atom is 0.0602 e. The smallest absolute Gasteiger partial charge is 0.0602 e. The Morgan fingerprint density at radius 1 is 1.12 bits per heavy atom. The van der Waals surface area contributed by atoms with E-state index < -0.39 is 0 Å². The first-order valence-corrected chi connectivity index (χ1v) is 6.71. The Kier molecular flexibility index (Phi) is 5.33. The third-order valence-corrected chi connectivity index (χ3v) is 3.19. The summed E-state index contributed by atoms with van der Waals surface area (Å²) >= 11 is 0. The molecule has 0 unspecified atom stereocenters. The predicted molar refractivity (Wildman–Crippen MR) is 77.4 cm³/mol. The SMILES string of the molecule is CCC(CC)N(CC(C)C)c1ccccc1N. The second kappa shape index (κ2) is 6.53. The van der Waals surface area contributed by atoms with Crippen LogP contribution in [-0.2, 0) is 0 Å². The molecule has 0 atom stereocenters. The number of anilines is 2. The van der Waals surface area contributed by atoms with Crippen LogP contribution in [0, 0.1) is 5.92 Å². The largest absolute Gasteiger partial charge is 0.397 e. The van der Waals surface area contributed by atoms with Crippen LogP contribution < -0.4 is 10.6 Å². The van der Waals surface area contributed by atoms with E-state index in [0.29, 0.717) is 12.0 Å². The lowest BCUT2D eigenvalue weighted by Crippen LogP contribution is -2.37. The van der Waals surface area contributed by atoms with Gasteiger partial charge >= 0.3 is 0 Å². The van der Waals surface area contributed by atoms with Gasteiger partial charge in [0.2, 0.25) is 0 Å². The van der Waals surface area contributed by atoms with E-state index in [-0.39, 0.29) is 0 Å². The molecule has 0 amide bonds. The molecule has 0 aliphatic heterocycles. The predicted octanol–water partition coefficient (Wildman–Crippen LogP) is 3.92. The first-order valence-electron chi connectivity index (χ1n) is 6.71. The van der Waals surface area contributed by atoms with Crippen LogP contribution in [0.1, 0.15) is 40.5 Å². The van der Waals surface area contributed by atoms with Gasteiger partial charge in [-0.15, -0.1) is 0 Å². The summed E-state index contributed by atoms with van der Waals surface area (Å²) in [4.78, 5) is 2.47. The number of hydrogen-bond donors (Lipinski definition) is 1. The zero-order valence-electron chi connectivity index (χ0n) is 11.6. The molecule has 2 N–H and O–H groups in total. The molecule has 2 nitrogen and oxygen atoms in total. The fourth-order valence-electron chi connectivity index (χ4n) is 2.32. The van der Waals surface area contributed by atoms with Crippen LogP contribution in [0.2, 0.25) is 0 Å². The lowest BCUT2D eigenvalue weighted by atomic mass is 10.1. The van der Waals surface area contributed by atoms with Crippen LogP contribution in [0.3, 0.4) is 0 Å². The lowest BCUT2D eigenvalue weighted by molar-refractivity contribution is 0.508. The van der Waals surface area contributed by atoms with Crippen molar-refractivity contribution in [3.63, 3.8) is 0 Å². The summed E-state index contributed by atoms with van der Waals surface area (Å²) in [7, 11) is 0. The zero-order chi connectivity index (χ0) is 12.8. The summed E-state index contributed by atoms with van der Waals surface area (Å²) in [6.07, 6.45) is 2.33.